The van der Waals surface area contributed by atoms with E-state index in [1.165, 1.54) is 16.7 Å². The summed E-state index contributed by atoms with van der Waals surface area (Å²) < 4.78 is 2.00. The van der Waals surface area contributed by atoms with Crippen LogP contribution in [0.1, 0.15) is 18.1 Å². The molecule has 7 nitrogen and oxygen atoms in total. The summed E-state index contributed by atoms with van der Waals surface area (Å²) >= 11 is 2.94. The molecule has 0 atom stereocenters. The number of carbonyl (C=O) groups excluding carboxylic acids is 2. The monoisotopic (exact) mass is 443 g/mol. The zero-order chi connectivity index (χ0) is 21.7. The van der Waals surface area contributed by atoms with Gasteiger partial charge in [-0.25, -0.2) is 0 Å². The Kier molecular flexibility index (Phi) is 7.28. The van der Waals surface area contributed by atoms with Crippen LogP contribution >= 0.6 is 23.1 Å². The first-order valence-electron chi connectivity index (χ1n) is 9.60. The molecule has 30 heavy (non-hydrogen) atoms. The Morgan fingerprint density at radius 2 is 1.90 bits per heavy atom. The molecule has 1 aromatic carbocycles. The molecule has 0 saturated heterocycles. The molecule has 0 aliphatic heterocycles. The minimum absolute atomic E-state index is 0.00587. The van der Waals surface area contributed by atoms with Crippen molar-refractivity contribution in [3.63, 3.8) is 0 Å². The van der Waals surface area contributed by atoms with Crippen molar-refractivity contribution in [2.24, 2.45) is 0 Å². The zero-order valence-electron chi connectivity index (χ0n) is 17.5. The Morgan fingerprint density at radius 1 is 1.17 bits per heavy atom. The predicted octanol–water partition coefficient (Wildman–Crippen LogP) is 3.83. The third-order valence-electron chi connectivity index (χ3n) is 4.65. The number of thiophene rings is 1. The van der Waals surface area contributed by atoms with Crippen LogP contribution in [0.3, 0.4) is 0 Å². The molecule has 0 aliphatic rings. The number of nitrogens with zero attached hydrogens (tertiary/aromatic N) is 4. The molecule has 3 aromatic rings. The maximum absolute atomic E-state index is 12.5. The van der Waals surface area contributed by atoms with E-state index in [9.17, 15) is 9.59 Å². The van der Waals surface area contributed by atoms with Crippen molar-refractivity contribution in [1.29, 1.82) is 0 Å². The van der Waals surface area contributed by atoms with Gasteiger partial charge in [-0.05, 0) is 43.3 Å². The van der Waals surface area contributed by atoms with Gasteiger partial charge in [-0.3, -0.25) is 9.59 Å². The molecule has 2 heterocycles. The van der Waals surface area contributed by atoms with Crippen LogP contribution in [0.25, 0.3) is 10.7 Å². The molecule has 0 fully saturated rings. The van der Waals surface area contributed by atoms with Crippen LogP contribution in [-0.2, 0) is 16.1 Å². The number of hydrogen-bond acceptors (Lipinski definition) is 6. The normalized spacial score (nSPS) is 10.8. The van der Waals surface area contributed by atoms with E-state index in [-0.39, 0.29) is 24.1 Å². The molecule has 158 valence electrons. The summed E-state index contributed by atoms with van der Waals surface area (Å²) in [7, 11) is 1.63. The van der Waals surface area contributed by atoms with Gasteiger partial charge in [0.15, 0.2) is 11.0 Å². The van der Waals surface area contributed by atoms with Gasteiger partial charge in [-0.1, -0.05) is 36.0 Å². The summed E-state index contributed by atoms with van der Waals surface area (Å²) in [6.07, 6.45) is 0. The van der Waals surface area contributed by atoms with Crippen molar-refractivity contribution in [3.05, 3.63) is 46.8 Å². The van der Waals surface area contributed by atoms with Gasteiger partial charge in [0.2, 0.25) is 11.8 Å². The third kappa shape index (κ3) is 5.09. The molecule has 2 aromatic heterocycles. The lowest BCUT2D eigenvalue weighted by Crippen LogP contribution is -2.36. The van der Waals surface area contributed by atoms with E-state index in [1.54, 1.807) is 18.4 Å². The molecule has 2 amide bonds. The lowest BCUT2D eigenvalue weighted by molar-refractivity contribution is -0.131. The van der Waals surface area contributed by atoms with E-state index in [1.807, 2.05) is 61.1 Å². The number of aryl methyl sites for hydroxylation is 2. The highest BCUT2D eigenvalue weighted by Crippen LogP contribution is 2.27. The van der Waals surface area contributed by atoms with Gasteiger partial charge in [-0.2, -0.15) is 0 Å². The first-order valence-corrected chi connectivity index (χ1v) is 11.5. The van der Waals surface area contributed by atoms with Crippen LogP contribution in [0.5, 0.6) is 0 Å². The van der Waals surface area contributed by atoms with Crippen molar-refractivity contribution in [1.82, 2.24) is 19.7 Å². The Balaban J connectivity index is 1.57. The van der Waals surface area contributed by atoms with Crippen molar-refractivity contribution >= 4 is 40.6 Å². The second-order valence-corrected chi connectivity index (χ2v) is 8.77. The average molecular weight is 444 g/mol. The molecule has 0 unspecified atom stereocenters. The molecule has 1 N–H and O–H groups in total. The van der Waals surface area contributed by atoms with Gasteiger partial charge in [0.1, 0.15) is 0 Å². The maximum Gasteiger partial charge on any atom is 0.243 e. The number of nitrogens with one attached hydrogen (secondary N) is 1. The maximum atomic E-state index is 12.5. The topological polar surface area (TPSA) is 80.1 Å². The van der Waals surface area contributed by atoms with Crippen LogP contribution in [0, 0.1) is 13.8 Å². The van der Waals surface area contributed by atoms with E-state index >= 15 is 0 Å². The number of thioether (sulfide) groups is 1. The summed E-state index contributed by atoms with van der Waals surface area (Å²) in [6, 6.07) is 9.82. The Bertz CT molecular complexity index is 1010. The summed E-state index contributed by atoms with van der Waals surface area (Å²) in [5.74, 6) is 0.643. The van der Waals surface area contributed by atoms with Crippen LogP contribution < -0.4 is 5.32 Å². The number of hydrogen-bond donors (Lipinski definition) is 1. The first-order chi connectivity index (χ1) is 14.4. The minimum atomic E-state index is -0.218. The lowest BCUT2D eigenvalue weighted by atomic mass is 10.1. The van der Waals surface area contributed by atoms with E-state index < -0.39 is 0 Å². The van der Waals surface area contributed by atoms with Gasteiger partial charge in [0, 0.05) is 19.3 Å². The number of benzene rings is 1. The molecular weight excluding hydrogens is 418 g/mol. The Hall–Kier alpha value is -2.65. The number of likely N-dealkylation sites (N-methyl/N-ethyl adjacent to an activating group) is 1. The van der Waals surface area contributed by atoms with Crippen LogP contribution in [-0.4, -0.2) is 50.8 Å². The number of amides is 2. The smallest absolute Gasteiger partial charge is 0.243 e. The standard InChI is InChI=1S/C21H25N5O2S2/c1-5-26-20(16-10-7-11-29-16)23-24-21(26)30-13-18(28)25(4)12-17(27)22-19-14(2)8-6-9-15(19)3/h6-11H,5,12-13H2,1-4H3,(H,22,27). The number of anilines is 1. The van der Waals surface area contributed by atoms with E-state index in [4.69, 9.17) is 0 Å². The SMILES string of the molecule is CCn1c(SCC(=O)N(C)CC(=O)Nc2c(C)cccc2C)nnc1-c1cccs1. The number of para-hydroxylation sites is 1. The van der Waals surface area contributed by atoms with Crippen molar-refractivity contribution in [3.8, 4) is 10.7 Å². The molecule has 0 aliphatic carbocycles. The van der Waals surface area contributed by atoms with Gasteiger partial charge in [-0.15, -0.1) is 21.5 Å². The summed E-state index contributed by atoms with van der Waals surface area (Å²) in [5, 5.41) is 14.1. The molecule has 0 spiro atoms. The van der Waals surface area contributed by atoms with Crippen LogP contribution in [0.15, 0.2) is 40.9 Å². The predicted molar refractivity (Wildman–Crippen MR) is 122 cm³/mol. The molecule has 3 rings (SSSR count). The summed E-state index contributed by atoms with van der Waals surface area (Å²) in [4.78, 5) is 27.4. The fourth-order valence-corrected chi connectivity index (χ4v) is 4.66. The van der Waals surface area contributed by atoms with Crippen molar-refractivity contribution in [2.75, 3.05) is 24.7 Å². The molecule has 0 radical (unpaired) electrons. The largest absolute Gasteiger partial charge is 0.336 e. The highest BCUT2D eigenvalue weighted by molar-refractivity contribution is 7.99. The minimum Gasteiger partial charge on any atom is -0.336 e. The van der Waals surface area contributed by atoms with Crippen molar-refractivity contribution in [2.45, 2.75) is 32.5 Å². The molecule has 0 saturated carbocycles. The number of aromatic nitrogens is 3. The zero-order valence-corrected chi connectivity index (χ0v) is 19.1. The van der Waals surface area contributed by atoms with Gasteiger partial charge < -0.3 is 14.8 Å². The van der Waals surface area contributed by atoms with Crippen molar-refractivity contribution < 1.29 is 9.59 Å². The third-order valence-corrected chi connectivity index (χ3v) is 6.47. The molecular formula is C21H25N5O2S2. The highest BCUT2D eigenvalue weighted by Gasteiger charge is 2.18. The summed E-state index contributed by atoms with van der Waals surface area (Å²) in [6.45, 7) is 6.63. The fraction of sp³-hybridized carbons (Fsp3) is 0.333. The van der Waals surface area contributed by atoms with Gasteiger partial charge in [0.25, 0.3) is 0 Å². The lowest BCUT2D eigenvalue weighted by Gasteiger charge is -2.18. The van der Waals surface area contributed by atoms with Gasteiger partial charge in [0.05, 0.1) is 17.2 Å². The second kappa shape index (κ2) is 9.90. The fourth-order valence-electron chi connectivity index (χ4n) is 3.00. The van der Waals surface area contributed by atoms with Crippen LogP contribution in [0.2, 0.25) is 0 Å². The number of carbonyl (C=O) groups is 2. The van der Waals surface area contributed by atoms with E-state index in [0.717, 1.165) is 27.5 Å². The summed E-state index contributed by atoms with van der Waals surface area (Å²) in [5.41, 5.74) is 2.79. The number of rotatable bonds is 8. The quantitative estimate of drug-likeness (QED) is 0.535. The Morgan fingerprint density at radius 3 is 2.53 bits per heavy atom. The van der Waals surface area contributed by atoms with Gasteiger partial charge >= 0.3 is 0 Å². The molecule has 9 heteroatoms. The van der Waals surface area contributed by atoms with E-state index in [0.29, 0.717) is 11.7 Å². The molecule has 0 bridgehead atoms. The highest BCUT2D eigenvalue weighted by atomic mass is 32.2. The Labute approximate surface area is 184 Å². The van der Waals surface area contributed by atoms with E-state index in [2.05, 4.69) is 15.5 Å². The average Bonchev–Trinajstić information content (AvgIpc) is 3.38. The second-order valence-electron chi connectivity index (χ2n) is 6.88. The van der Waals surface area contributed by atoms with Crippen LogP contribution in [0.4, 0.5) is 5.69 Å². The first kappa shape index (κ1) is 22.0.